The second-order valence-electron chi connectivity index (χ2n) is 4.98. The fourth-order valence-corrected chi connectivity index (χ4v) is 2.14. The van der Waals surface area contributed by atoms with Crippen LogP contribution in [0.5, 0.6) is 11.5 Å². The average molecular weight is 285 g/mol. The smallest absolute Gasteiger partial charge is 0.161 e. The van der Waals surface area contributed by atoms with E-state index in [1.807, 2.05) is 24.3 Å². The summed E-state index contributed by atoms with van der Waals surface area (Å²) in [5.41, 5.74) is 3.62. The van der Waals surface area contributed by atoms with Crippen molar-refractivity contribution in [3.8, 4) is 11.5 Å². The molecule has 0 aliphatic carbocycles. The van der Waals surface area contributed by atoms with Gasteiger partial charge >= 0.3 is 0 Å². The lowest BCUT2D eigenvalue weighted by Crippen LogP contribution is -2.11. The highest BCUT2D eigenvalue weighted by Crippen LogP contribution is 2.29. The molecule has 0 aliphatic heterocycles. The van der Waals surface area contributed by atoms with Crippen molar-refractivity contribution in [1.82, 2.24) is 5.32 Å². The maximum Gasteiger partial charge on any atom is 0.161 e. The van der Waals surface area contributed by atoms with Crippen LogP contribution < -0.4 is 14.8 Å². The Morgan fingerprint density at radius 3 is 2.57 bits per heavy atom. The van der Waals surface area contributed by atoms with E-state index in [-0.39, 0.29) is 0 Å². The van der Waals surface area contributed by atoms with E-state index in [0.29, 0.717) is 6.61 Å². The molecule has 0 radical (unpaired) electrons. The van der Waals surface area contributed by atoms with Gasteiger partial charge in [0.2, 0.25) is 0 Å². The molecule has 3 heteroatoms. The highest BCUT2D eigenvalue weighted by molar-refractivity contribution is 5.43. The normalized spacial score (nSPS) is 10.4. The lowest BCUT2D eigenvalue weighted by atomic mass is 10.1. The minimum Gasteiger partial charge on any atom is -0.493 e. The third-order valence-electron chi connectivity index (χ3n) is 3.45. The van der Waals surface area contributed by atoms with Crippen LogP contribution in [0, 0.1) is 6.92 Å². The number of rotatable bonds is 7. The molecule has 2 rings (SSSR count). The lowest BCUT2D eigenvalue weighted by molar-refractivity contribution is 0.283. The summed E-state index contributed by atoms with van der Waals surface area (Å²) in [5, 5.41) is 3.30. The van der Waals surface area contributed by atoms with Gasteiger partial charge in [-0.2, -0.15) is 0 Å². The van der Waals surface area contributed by atoms with E-state index in [0.717, 1.165) is 24.6 Å². The van der Waals surface area contributed by atoms with Crippen molar-refractivity contribution >= 4 is 0 Å². The van der Waals surface area contributed by atoms with E-state index < -0.39 is 0 Å². The van der Waals surface area contributed by atoms with Gasteiger partial charge in [-0.25, -0.2) is 0 Å². The van der Waals surface area contributed by atoms with E-state index >= 15 is 0 Å². The van der Waals surface area contributed by atoms with Gasteiger partial charge in [-0.1, -0.05) is 37.3 Å². The van der Waals surface area contributed by atoms with Gasteiger partial charge < -0.3 is 14.8 Å². The number of benzene rings is 2. The summed E-state index contributed by atoms with van der Waals surface area (Å²) in [7, 11) is 1.67. The van der Waals surface area contributed by atoms with Crippen molar-refractivity contribution in [2.24, 2.45) is 0 Å². The molecule has 0 bridgehead atoms. The molecule has 0 saturated carbocycles. The standard InChI is InChI=1S/C18H23NO2/c1-4-19-12-15-9-10-17(18(11-15)20-3)21-13-16-8-6-5-7-14(16)2/h5-11,19H,4,12-13H2,1-3H3. The number of hydrogen-bond donors (Lipinski definition) is 1. The first-order chi connectivity index (χ1) is 10.2. The topological polar surface area (TPSA) is 30.5 Å². The van der Waals surface area contributed by atoms with E-state index in [9.17, 15) is 0 Å². The highest BCUT2D eigenvalue weighted by Gasteiger charge is 2.07. The summed E-state index contributed by atoms with van der Waals surface area (Å²) in [4.78, 5) is 0. The number of nitrogens with one attached hydrogen (secondary N) is 1. The molecule has 21 heavy (non-hydrogen) atoms. The third-order valence-corrected chi connectivity index (χ3v) is 3.45. The molecular weight excluding hydrogens is 262 g/mol. The molecule has 2 aromatic rings. The Bertz CT molecular complexity index is 581. The Balaban J connectivity index is 2.07. The van der Waals surface area contributed by atoms with Crippen LogP contribution in [0.3, 0.4) is 0 Å². The van der Waals surface area contributed by atoms with Gasteiger partial charge in [0, 0.05) is 6.54 Å². The van der Waals surface area contributed by atoms with Gasteiger partial charge in [0.1, 0.15) is 6.61 Å². The zero-order valence-corrected chi connectivity index (χ0v) is 13.0. The number of hydrogen-bond acceptors (Lipinski definition) is 3. The van der Waals surface area contributed by atoms with Crippen molar-refractivity contribution in [2.45, 2.75) is 27.0 Å². The molecule has 0 fully saturated rings. The van der Waals surface area contributed by atoms with Crippen LogP contribution in [-0.4, -0.2) is 13.7 Å². The molecule has 0 atom stereocenters. The summed E-state index contributed by atoms with van der Waals surface area (Å²) < 4.78 is 11.3. The van der Waals surface area contributed by atoms with E-state index in [4.69, 9.17) is 9.47 Å². The van der Waals surface area contributed by atoms with Gasteiger partial charge in [0.05, 0.1) is 7.11 Å². The molecule has 0 unspecified atom stereocenters. The highest BCUT2D eigenvalue weighted by atomic mass is 16.5. The summed E-state index contributed by atoms with van der Waals surface area (Å²) in [5.74, 6) is 1.56. The van der Waals surface area contributed by atoms with Gasteiger partial charge in [0.15, 0.2) is 11.5 Å². The van der Waals surface area contributed by atoms with E-state index in [1.165, 1.54) is 16.7 Å². The van der Waals surface area contributed by atoms with Gasteiger partial charge in [-0.15, -0.1) is 0 Å². The summed E-state index contributed by atoms with van der Waals surface area (Å²) in [6, 6.07) is 14.3. The van der Waals surface area contributed by atoms with E-state index in [2.05, 4.69) is 37.4 Å². The zero-order valence-electron chi connectivity index (χ0n) is 13.0. The van der Waals surface area contributed by atoms with Crippen molar-refractivity contribution in [1.29, 1.82) is 0 Å². The first-order valence-corrected chi connectivity index (χ1v) is 7.29. The van der Waals surface area contributed by atoms with Crippen LogP contribution >= 0.6 is 0 Å². The quantitative estimate of drug-likeness (QED) is 0.841. The van der Waals surface area contributed by atoms with Crippen LogP contribution in [0.4, 0.5) is 0 Å². The minimum atomic E-state index is 0.551. The molecule has 0 aliphatic rings. The number of aryl methyl sites for hydroxylation is 1. The van der Waals surface area contributed by atoms with Crippen LogP contribution in [0.25, 0.3) is 0 Å². The Morgan fingerprint density at radius 1 is 1.05 bits per heavy atom. The molecular formula is C18H23NO2. The fraction of sp³-hybridized carbons (Fsp3) is 0.333. The Hall–Kier alpha value is -2.00. The van der Waals surface area contributed by atoms with E-state index in [1.54, 1.807) is 7.11 Å². The molecule has 1 N–H and O–H groups in total. The largest absolute Gasteiger partial charge is 0.493 e. The van der Waals surface area contributed by atoms with Crippen LogP contribution in [-0.2, 0) is 13.2 Å². The lowest BCUT2D eigenvalue weighted by Gasteiger charge is -2.13. The molecule has 0 saturated heterocycles. The van der Waals surface area contributed by atoms with Crippen LogP contribution in [0.2, 0.25) is 0 Å². The second-order valence-corrected chi connectivity index (χ2v) is 4.98. The Morgan fingerprint density at radius 2 is 1.86 bits per heavy atom. The van der Waals surface area contributed by atoms with Crippen LogP contribution in [0.1, 0.15) is 23.6 Å². The maximum absolute atomic E-state index is 5.91. The molecule has 0 heterocycles. The molecule has 3 nitrogen and oxygen atoms in total. The van der Waals surface area contributed by atoms with Gasteiger partial charge in [0.25, 0.3) is 0 Å². The summed E-state index contributed by atoms with van der Waals surface area (Å²) in [6.45, 7) is 6.53. The van der Waals surface area contributed by atoms with Gasteiger partial charge in [-0.05, 0) is 42.3 Å². The SMILES string of the molecule is CCNCc1ccc(OCc2ccccc2C)c(OC)c1. The first kappa shape index (κ1) is 15.4. The third kappa shape index (κ3) is 4.23. The molecule has 2 aromatic carbocycles. The molecule has 0 spiro atoms. The Labute approximate surface area is 126 Å². The number of ether oxygens (including phenoxy) is 2. The van der Waals surface area contributed by atoms with Crippen molar-refractivity contribution in [2.75, 3.05) is 13.7 Å². The predicted molar refractivity (Wildman–Crippen MR) is 85.9 cm³/mol. The molecule has 112 valence electrons. The second kappa shape index (κ2) is 7.70. The Kier molecular flexibility index (Phi) is 5.64. The maximum atomic E-state index is 5.91. The van der Waals surface area contributed by atoms with Crippen molar-refractivity contribution < 1.29 is 9.47 Å². The minimum absolute atomic E-state index is 0.551. The number of methoxy groups -OCH3 is 1. The van der Waals surface area contributed by atoms with Gasteiger partial charge in [-0.3, -0.25) is 0 Å². The molecule has 0 amide bonds. The predicted octanol–water partition coefficient (Wildman–Crippen LogP) is 3.69. The fourth-order valence-electron chi connectivity index (χ4n) is 2.14. The average Bonchev–Trinajstić information content (AvgIpc) is 2.52. The van der Waals surface area contributed by atoms with Crippen molar-refractivity contribution in [3.63, 3.8) is 0 Å². The first-order valence-electron chi connectivity index (χ1n) is 7.29. The summed E-state index contributed by atoms with van der Waals surface area (Å²) in [6.07, 6.45) is 0. The zero-order chi connectivity index (χ0) is 15.1. The van der Waals surface area contributed by atoms with Crippen molar-refractivity contribution in [3.05, 3.63) is 59.2 Å². The monoisotopic (exact) mass is 285 g/mol. The summed E-state index contributed by atoms with van der Waals surface area (Å²) >= 11 is 0. The van der Waals surface area contributed by atoms with Crippen LogP contribution in [0.15, 0.2) is 42.5 Å². The molecule has 0 aromatic heterocycles.